The molecule has 2 aliphatic rings. The maximum absolute atomic E-state index is 5.80. The lowest BCUT2D eigenvalue weighted by Crippen LogP contribution is -2.65. The molecule has 1 aliphatic heterocycles. The Morgan fingerprint density at radius 3 is 3.19 bits per heavy atom. The van der Waals surface area contributed by atoms with E-state index in [1.54, 1.807) is 0 Å². The third-order valence-corrected chi connectivity index (χ3v) is 5.05. The van der Waals surface area contributed by atoms with Crippen LogP contribution in [-0.2, 0) is 11.3 Å². The highest BCUT2D eigenvalue weighted by atomic mass is 32.1. The minimum absolute atomic E-state index is 0.304. The fourth-order valence-corrected chi connectivity index (χ4v) is 4.02. The standard InChI is InChI=1S/C13H19NOS/c1-13(2)11(10-5-6-15-12(10)13)14-8-9-4-3-7-16-9/h3-4,7,10-12,14H,5-6,8H2,1-2H3. The van der Waals surface area contributed by atoms with Gasteiger partial charge in [0.15, 0.2) is 0 Å². The van der Waals surface area contributed by atoms with Gasteiger partial charge < -0.3 is 10.1 Å². The second-order valence-electron chi connectivity index (χ2n) is 5.50. The summed E-state index contributed by atoms with van der Waals surface area (Å²) < 4.78 is 5.80. The lowest BCUT2D eigenvalue weighted by Gasteiger charge is -2.55. The van der Waals surface area contributed by atoms with Crippen molar-refractivity contribution >= 4 is 11.3 Å². The average molecular weight is 237 g/mol. The molecule has 2 heterocycles. The van der Waals surface area contributed by atoms with Crippen molar-refractivity contribution in [2.75, 3.05) is 6.61 Å². The van der Waals surface area contributed by atoms with Gasteiger partial charge in [0.05, 0.1) is 6.10 Å². The summed E-state index contributed by atoms with van der Waals surface area (Å²) in [5, 5.41) is 5.86. The van der Waals surface area contributed by atoms with Crippen molar-refractivity contribution in [1.29, 1.82) is 0 Å². The third kappa shape index (κ3) is 1.53. The van der Waals surface area contributed by atoms with Crippen LogP contribution in [0.4, 0.5) is 0 Å². The highest BCUT2D eigenvalue weighted by Crippen LogP contribution is 2.52. The normalized spacial score (nSPS) is 35.8. The predicted octanol–water partition coefficient (Wildman–Crippen LogP) is 2.65. The average Bonchev–Trinajstić information content (AvgIpc) is 2.86. The van der Waals surface area contributed by atoms with E-state index in [1.807, 2.05) is 11.3 Å². The van der Waals surface area contributed by atoms with E-state index in [-0.39, 0.29) is 0 Å². The maximum atomic E-state index is 5.80. The van der Waals surface area contributed by atoms with Crippen LogP contribution in [0.25, 0.3) is 0 Å². The van der Waals surface area contributed by atoms with Gasteiger partial charge in [-0.1, -0.05) is 19.9 Å². The number of thiophene rings is 1. The second-order valence-corrected chi connectivity index (χ2v) is 6.54. The minimum atomic E-state index is 0.304. The van der Waals surface area contributed by atoms with Crippen LogP contribution >= 0.6 is 11.3 Å². The molecular formula is C13H19NOS. The van der Waals surface area contributed by atoms with E-state index in [0.29, 0.717) is 17.6 Å². The van der Waals surface area contributed by atoms with Gasteiger partial charge >= 0.3 is 0 Å². The monoisotopic (exact) mass is 237 g/mol. The quantitative estimate of drug-likeness (QED) is 0.872. The zero-order chi connectivity index (χ0) is 11.2. The van der Waals surface area contributed by atoms with Crippen molar-refractivity contribution in [3.63, 3.8) is 0 Å². The van der Waals surface area contributed by atoms with E-state index in [0.717, 1.165) is 19.1 Å². The first-order valence-corrected chi connectivity index (χ1v) is 6.95. The molecule has 0 spiro atoms. The topological polar surface area (TPSA) is 21.3 Å². The lowest BCUT2D eigenvalue weighted by molar-refractivity contribution is -0.112. The van der Waals surface area contributed by atoms with Crippen molar-refractivity contribution in [3.05, 3.63) is 22.4 Å². The molecule has 0 aromatic carbocycles. The zero-order valence-electron chi connectivity index (χ0n) is 9.90. The van der Waals surface area contributed by atoms with E-state index in [1.165, 1.54) is 11.3 Å². The van der Waals surface area contributed by atoms with Crippen LogP contribution in [0.1, 0.15) is 25.1 Å². The van der Waals surface area contributed by atoms with Crippen LogP contribution in [0, 0.1) is 11.3 Å². The molecule has 1 saturated carbocycles. The Morgan fingerprint density at radius 2 is 2.44 bits per heavy atom. The number of rotatable bonds is 3. The Morgan fingerprint density at radius 1 is 1.56 bits per heavy atom. The van der Waals surface area contributed by atoms with Gasteiger partial charge in [0.25, 0.3) is 0 Å². The molecule has 3 atom stereocenters. The Bertz CT molecular complexity index is 360. The van der Waals surface area contributed by atoms with E-state index < -0.39 is 0 Å². The van der Waals surface area contributed by atoms with Crippen molar-refractivity contribution in [2.45, 2.75) is 39.0 Å². The molecule has 2 fully saturated rings. The van der Waals surface area contributed by atoms with E-state index in [2.05, 4.69) is 36.7 Å². The number of nitrogens with one attached hydrogen (secondary N) is 1. The summed E-state index contributed by atoms with van der Waals surface area (Å²) in [5.41, 5.74) is 0.304. The molecule has 1 aromatic heterocycles. The first kappa shape index (κ1) is 10.8. The molecule has 3 heteroatoms. The van der Waals surface area contributed by atoms with Crippen LogP contribution < -0.4 is 5.32 Å². The SMILES string of the molecule is CC1(C)C(NCc2cccs2)C2CCOC21. The molecule has 0 radical (unpaired) electrons. The molecule has 88 valence electrons. The second kappa shape index (κ2) is 3.83. The Kier molecular flexibility index (Phi) is 2.57. The van der Waals surface area contributed by atoms with Crippen LogP contribution in [0.2, 0.25) is 0 Å². The summed E-state index contributed by atoms with van der Waals surface area (Å²) in [5.74, 6) is 0.745. The molecule has 0 amide bonds. The lowest BCUT2D eigenvalue weighted by atomic mass is 9.57. The fourth-order valence-electron chi connectivity index (χ4n) is 3.36. The number of hydrogen-bond acceptors (Lipinski definition) is 3. The van der Waals surface area contributed by atoms with Gasteiger partial charge in [-0.3, -0.25) is 0 Å². The highest BCUT2D eigenvalue weighted by molar-refractivity contribution is 7.09. The molecule has 1 aliphatic carbocycles. The third-order valence-electron chi connectivity index (χ3n) is 4.18. The van der Waals surface area contributed by atoms with Crippen molar-refractivity contribution in [3.8, 4) is 0 Å². The molecule has 2 nitrogen and oxygen atoms in total. The summed E-state index contributed by atoms with van der Waals surface area (Å²) in [6.07, 6.45) is 1.73. The minimum Gasteiger partial charge on any atom is -0.377 e. The van der Waals surface area contributed by atoms with Gasteiger partial charge in [0, 0.05) is 35.4 Å². The fraction of sp³-hybridized carbons (Fsp3) is 0.692. The van der Waals surface area contributed by atoms with Crippen molar-refractivity contribution in [1.82, 2.24) is 5.32 Å². The highest BCUT2D eigenvalue weighted by Gasteiger charge is 2.58. The van der Waals surface area contributed by atoms with Gasteiger partial charge in [-0.05, 0) is 17.9 Å². The number of fused-ring (bicyclic) bond motifs is 1. The molecule has 3 unspecified atom stereocenters. The molecule has 16 heavy (non-hydrogen) atoms. The molecule has 1 aromatic rings. The molecule has 3 rings (SSSR count). The van der Waals surface area contributed by atoms with Gasteiger partial charge in [0.2, 0.25) is 0 Å². The maximum Gasteiger partial charge on any atom is 0.0685 e. The van der Waals surface area contributed by atoms with E-state index in [9.17, 15) is 0 Å². The molecule has 1 N–H and O–H groups in total. The molecule has 1 saturated heterocycles. The van der Waals surface area contributed by atoms with E-state index >= 15 is 0 Å². The summed E-state index contributed by atoms with van der Waals surface area (Å²) in [6.45, 7) is 6.61. The Labute approximate surface area is 101 Å². The molecule has 0 bridgehead atoms. The summed E-state index contributed by atoms with van der Waals surface area (Å²) in [7, 11) is 0. The van der Waals surface area contributed by atoms with Gasteiger partial charge in [-0.2, -0.15) is 0 Å². The van der Waals surface area contributed by atoms with Crippen LogP contribution in [-0.4, -0.2) is 18.8 Å². The van der Waals surface area contributed by atoms with Crippen LogP contribution in [0.5, 0.6) is 0 Å². The van der Waals surface area contributed by atoms with Crippen molar-refractivity contribution < 1.29 is 4.74 Å². The number of hydrogen-bond donors (Lipinski definition) is 1. The van der Waals surface area contributed by atoms with Crippen LogP contribution in [0.3, 0.4) is 0 Å². The summed E-state index contributed by atoms with van der Waals surface area (Å²) in [4.78, 5) is 1.43. The van der Waals surface area contributed by atoms with E-state index in [4.69, 9.17) is 4.74 Å². The summed E-state index contributed by atoms with van der Waals surface area (Å²) >= 11 is 1.83. The van der Waals surface area contributed by atoms with Crippen LogP contribution in [0.15, 0.2) is 17.5 Å². The number of ether oxygens (including phenoxy) is 1. The molecular weight excluding hydrogens is 218 g/mol. The Balaban J connectivity index is 1.63. The van der Waals surface area contributed by atoms with Gasteiger partial charge in [-0.25, -0.2) is 0 Å². The first-order chi connectivity index (χ1) is 7.69. The van der Waals surface area contributed by atoms with Gasteiger partial charge in [-0.15, -0.1) is 11.3 Å². The zero-order valence-corrected chi connectivity index (χ0v) is 10.7. The van der Waals surface area contributed by atoms with Crippen molar-refractivity contribution in [2.24, 2.45) is 11.3 Å². The first-order valence-electron chi connectivity index (χ1n) is 6.07. The Hall–Kier alpha value is -0.380. The largest absolute Gasteiger partial charge is 0.377 e. The van der Waals surface area contributed by atoms with Gasteiger partial charge in [0.1, 0.15) is 0 Å². The predicted molar refractivity (Wildman–Crippen MR) is 66.6 cm³/mol. The smallest absolute Gasteiger partial charge is 0.0685 e. The summed E-state index contributed by atoms with van der Waals surface area (Å²) in [6, 6.07) is 4.95.